The Morgan fingerprint density at radius 1 is 1.25 bits per heavy atom. The molecule has 0 unspecified atom stereocenters. The van der Waals surface area contributed by atoms with Crippen molar-refractivity contribution in [2.24, 2.45) is 0 Å². The lowest BCUT2D eigenvalue weighted by atomic mass is 10.1. The van der Waals surface area contributed by atoms with E-state index in [1.165, 1.54) is 30.0 Å². The second kappa shape index (κ2) is 8.45. The fraction of sp³-hybridized carbons (Fsp3) is 0.158. The van der Waals surface area contributed by atoms with Crippen LogP contribution in [0.25, 0.3) is 5.69 Å². The number of thioether (sulfide) groups is 1. The molecule has 0 atom stereocenters. The number of anilines is 1. The molecule has 1 heterocycles. The van der Waals surface area contributed by atoms with Crippen LogP contribution in [0, 0.1) is 24.0 Å². The highest BCUT2D eigenvalue weighted by molar-refractivity contribution is 7.99. The molecule has 0 saturated heterocycles. The number of halogens is 1. The number of rotatable bonds is 6. The van der Waals surface area contributed by atoms with Crippen molar-refractivity contribution in [3.63, 3.8) is 0 Å². The number of amides is 1. The zero-order valence-corrected chi connectivity index (χ0v) is 16.8. The molecular formula is C19H17ClN4O3S. The molecular weight excluding hydrogens is 400 g/mol. The second-order valence-corrected chi connectivity index (χ2v) is 7.53. The summed E-state index contributed by atoms with van der Waals surface area (Å²) in [5.74, 6) is -0.162. The normalized spacial score (nSPS) is 10.7. The minimum absolute atomic E-state index is 0.115. The van der Waals surface area contributed by atoms with Crippen LogP contribution in [-0.2, 0) is 4.79 Å². The zero-order chi connectivity index (χ0) is 20.3. The Hall–Kier alpha value is -2.84. The summed E-state index contributed by atoms with van der Waals surface area (Å²) < 4.78 is 1.93. The first kappa shape index (κ1) is 19.9. The van der Waals surface area contributed by atoms with Gasteiger partial charge < -0.3 is 5.32 Å². The van der Waals surface area contributed by atoms with E-state index in [4.69, 9.17) is 11.6 Å². The smallest absolute Gasteiger partial charge is 0.271 e. The third-order valence-corrected chi connectivity index (χ3v) is 5.14. The van der Waals surface area contributed by atoms with Crippen LogP contribution < -0.4 is 5.32 Å². The molecule has 9 heteroatoms. The zero-order valence-electron chi connectivity index (χ0n) is 15.2. The number of aryl methyl sites for hydroxylation is 2. The quantitative estimate of drug-likeness (QED) is 0.354. The molecule has 3 rings (SSSR count). The van der Waals surface area contributed by atoms with E-state index in [0.717, 1.165) is 16.8 Å². The van der Waals surface area contributed by atoms with Gasteiger partial charge >= 0.3 is 0 Å². The summed E-state index contributed by atoms with van der Waals surface area (Å²) in [6, 6.07) is 10.1. The van der Waals surface area contributed by atoms with Gasteiger partial charge in [-0.1, -0.05) is 29.4 Å². The highest BCUT2D eigenvalue weighted by Crippen LogP contribution is 2.27. The fourth-order valence-electron chi connectivity index (χ4n) is 2.72. The largest absolute Gasteiger partial charge is 0.324 e. The number of nitrogens with one attached hydrogen (secondary N) is 1. The van der Waals surface area contributed by atoms with Crippen LogP contribution in [0.3, 0.4) is 0 Å². The Kier molecular flexibility index (Phi) is 6.01. The number of imidazole rings is 1. The molecule has 0 aliphatic carbocycles. The number of nitrogens with zero attached hydrogens (tertiary/aromatic N) is 3. The number of nitro benzene ring substituents is 1. The van der Waals surface area contributed by atoms with Crippen LogP contribution in [0.1, 0.15) is 11.1 Å². The topological polar surface area (TPSA) is 90.1 Å². The molecule has 7 nitrogen and oxygen atoms in total. The summed E-state index contributed by atoms with van der Waals surface area (Å²) in [6.07, 6.45) is 3.53. The van der Waals surface area contributed by atoms with E-state index in [9.17, 15) is 14.9 Å². The molecule has 28 heavy (non-hydrogen) atoms. The number of carbonyl (C=O) groups is 1. The number of benzene rings is 2. The number of non-ortho nitro benzene ring substituents is 1. The SMILES string of the molecule is Cc1cc(C)cc(-n2ccnc2SCC(=O)Nc2ccc([N+](=O)[O-])cc2Cl)c1. The minimum Gasteiger partial charge on any atom is -0.324 e. The first-order valence-electron chi connectivity index (χ1n) is 8.32. The van der Waals surface area contributed by atoms with E-state index in [-0.39, 0.29) is 22.4 Å². The molecule has 0 radical (unpaired) electrons. The Morgan fingerprint density at radius 2 is 1.96 bits per heavy atom. The predicted octanol–water partition coefficient (Wildman–Crippen LogP) is 4.78. The molecule has 0 bridgehead atoms. The first-order chi connectivity index (χ1) is 13.3. The maximum Gasteiger partial charge on any atom is 0.271 e. The van der Waals surface area contributed by atoms with Gasteiger partial charge in [0.2, 0.25) is 5.91 Å². The maximum atomic E-state index is 12.3. The van der Waals surface area contributed by atoms with Gasteiger partial charge in [-0.05, 0) is 43.2 Å². The van der Waals surface area contributed by atoms with Crippen LogP contribution in [0.15, 0.2) is 53.9 Å². The van der Waals surface area contributed by atoms with Gasteiger partial charge in [0.25, 0.3) is 5.69 Å². The molecule has 0 saturated carbocycles. The maximum absolute atomic E-state index is 12.3. The van der Waals surface area contributed by atoms with Crippen LogP contribution >= 0.6 is 23.4 Å². The number of nitro groups is 1. The van der Waals surface area contributed by atoms with Crippen molar-refractivity contribution in [2.75, 3.05) is 11.1 Å². The average molecular weight is 417 g/mol. The molecule has 0 fully saturated rings. The summed E-state index contributed by atoms with van der Waals surface area (Å²) in [5, 5.41) is 14.2. The van der Waals surface area contributed by atoms with E-state index in [1.807, 2.05) is 24.6 Å². The highest BCUT2D eigenvalue weighted by atomic mass is 35.5. The summed E-state index contributed by atoms with van der Waals surface area (Å²) in [7, 11) is 0. The van der Waals surface area contributed by atoms with Gasteiger partial charge in [-0.15, -0.1) is 0 Å². The van der Waals surface area contributed by atoms with Crippen molar-refractivity contribution in [3.8, 4) is 5.69 Å². The first-order valence-corrected chi connectivity index (χ1v) is 9.68. The van der Waals surface area contributed by atoms with Gasteiger partial charge in [0, 0.05) is 30.2 Å². The lowest BCUT2D eigenvalue weighted by Gasteiger charge is -2.10. The minimum atomic E-state index is -0.542. The van der Waals surface area contributed by atoms with E-state index in [0.29, 0.717) is 10.8 Å². The molecule has 2 aromatic carbocycles. The Balaban J connectivity index is 1.68. The van der Waals surface area contributed by atoms with Crippen molar-refractivity contribution in [1.82, 2.24) is 9.55 Å². The lowest BCUT2D eigenvalue weighted by molar-refractivity contribution is -0.384. The monoisotopic (exact) mass is 416 g/mol. The highest BCUT2D eigenvalue weighted by Gasteiger charge is 2.13. The second-order valence-electron chi connectivity index (χ2n) is 6.18. The van der Waals surface area contributed by atoms with Gasteiger partial charge in [0.15, 0.2) is 5.16 Å². The molecule has 0 aliphatic rings. The summed E-state index contributed by atoms with van der Waals surface area (Å²) in [6.45, 7) is 4.06. The van der Waals surface area contributed by atoms with Crippen molar-refractivity contribution < 1.29 is 9.72 Å². The Labute approximate surface area is 170 Å². The molecule has 3 aromatic rings. The molecule has 144 valence electrons. The molecule has 1 N–H and O–H groups in total. The summed E-state index contributed by atoms with van der Waals surface area (Å²) >= 11 is 7.30. The summed E-state index contributed by atoms with van der Waals surface area (Å²) in [5.41, 5.74) is 3.47. The van der Waals surface area contributed by atoms with E-state index in [1.54, 1.807) is 6.20 Å². The van der Waals surface area contributed by atoms with Crippen molar-refractivity contribution in [3.05, 3.63) is 75.1 Å². The Bertz CT molecular complexity index is 1030. The van der Waals surface area contributed by atoms with E-state index >= 15 is 0 Å². The van der Waals surface area contributed by atoms with Crippen molar-refractivity contribution >= 4 is 40.6 Å². The molecule has 1 aromatic heterocycles. The standard InChI is InChI=1S/C19H17ClN4O3S/c1-12-7-13(2)9-15(8-12)23-6-5-21-19(23)28-11-18(25)22-17-4-3-14(24(26)27)10-16(17)20/h3-10H,11H2,1-2H3,(H,22,25). The van der Waals surface area contributed by atoms with E-state index < -0.39 is 4.92 Å². The third-order valence-electron chi connectivity index (χ3n) is 3.86. The van der Waals surface area contributed by atoms with Gasteiger partial charge in [0.05, 0.1) is 21.4 Å². The third kappa shape index (κ3) is 4.71. The van der Waals surface area contributed by atoms with Crippen molar-refractivity contribution in [1.29, 1.82) is 0 Å². The number of aromatic nitrogens is 2. The molecule has 0 spiro atoms. The van der Waals surface area contributed by atoms with Crippen LogP contribution in [-0.4, -0.2) is 26.1 Å². The van der Waals surface area contributed by atoms with Gasteiger partial charge in [-0.2, -0.15) is 0 Å². The Morgan fingerprint density at radius 3 is 2.61 bits per heavy atom. The number of carbonyl (C=O) groups excluding carboxylic acids is 1. The van der Waals surface area contributed by atoms with Crippen LogP contribution in [0.5, 0.6) is 0 Å². The van der Waals surface area contributed by atoms with Crippen LogP contribution in [0.4, 0.5) is 11.4 Å². The number of hydrogen-bond acceptors (Lipinski definition) is 5. The lowest BCUT2D eigenvalue weighted by Crippen LogP contribution is -2.15. The van der Waals surface area contributed by atoms with Crippen molar-refractivity contribution in [2.45, 2.75) is 19.0 Å². The molecule has 1 amide bonds. The average Bonchev–Trinajstić information content (AvgIpc) is 3.09. The molecule has 0 aliphatic heterocycles. The van der Waals surface area contributed by atoms with Gasteiger partial charge in [-0.3, -0.25) is 19.5 Å². The van der Waals surface area contributed by atoms with Crippen LogP contribution in [0.2, 0.25) is 5.02 Å². The number of hydrogen-bond donors (Lipinski definition) is 1. The predicted molar refractivity (Wildman–Crippen MR) is 110 cm³/mol. The van der Waals surface area contributed by atoms with E-state index in [2.05, 4.69) is 28.5 Å². The van der Waals surface area contributed by atoms with Gasteiger partial charge in [-0.25, -0.2) is 4.98 Å². The fourth-order valence-corrected chi connectivity index (χ4v) is 3.71. The van der Waals surface area contributed by atoms with Gasteiger partial charge in [0.1, 0.15) is 0 Å². The summed E-state index contributed by atoms with van der Waals surface area (Å²) in [4.78, 5) is 26.8.